The molecule has 0 saturated heterocycles. The van der Waals surface area contributed by atoms with Gasteiger partial charge in [-0.1, -0.05) is 21.1 Å². The third-order valence-corrected chi connectivity index (χ3v) is 3.09. The fourth-order valence-electron chi connectivity index (χ4n) is 1.59. The lowest BCUT2D eigenvalue weighted by Gasteiger charge is -2.21. The van der Waals surface area contributed by atoms with Crippen LogP contribution in [-0.2, 0) is 13.2 Å². The molecule has 0 radical (unpaired) electrons. The van der Waals surface area contributed by atoms with Crippen LogP contribution in [0.1, 0.15) is 32.2 Å². The summed E-state index contributed by atoms with van der Waals surface area (Å²) < 4.78 is 11.5. The van der Waals surface area contributed by atoms with Crippen molar-refractivity contribution in [1.29, 1.82) is 0 Å². The summed E-state index contributed by atoms with van der Waals surface area (Å²) in [5.41, 5.74) is 1.13. The average molecular weight is 340 g/mol. The first kappa shape index (κ1) is 15.0. The van der Waals surface area contributed by atoms with E-state index in [4.69, 9.17) is 4.74 Å². The summed E-state index contributed by atoms with van der Waals surface area (Å²) in [6.45, 7) is 7.41. The van der Waals surface area contributed by atoms with E-state index in [1.165, 1.54) is 6.39 Å². The third kappa shape index (κ3) is 4.61. The molecule has 0 amide bonds. The molecule has 0 unspecified atom stereocenters. The second-order valence-corrected chi connectivity index (χ2v) is 6.41. The lowest BCUT2D eigenvalue weighted by molar-refractivity contribution is 0.282. The van der Waals surface area contributed by atoms with Gasteiger partial charge < -0.3 is 14.6 Å². The molecule has 0 bridgehead atoms. The van der Waals surface area contributed by atoms with Crippen molar-refractivity contribution in [3.63, 3.8) is 0 Å². The van der Waals surface area contributed by atoms with Crippen molar-refractivity contribution in [1.82, 2.24) is 15.5 Å². The van der Waals surface area contributed by atoms with E-state index < -0.39 is 0 Å². The molecule has 1 N–H and O–H groups in total. The molecule has 2 rings (SSSR count). The van der Waals surface area contributed by atoms with Crippen LogP contribution in [-0.4, -0.2) is 15.7 Å². The van der Waals surface area contributed by atoms with Gasteiger partial charge in [0.2, 0.25) is 12.2 Å². The highest BCUT2D eigenvalue weighted by atomic mass is 79.9. The molecular weight excluding hydrogens is 322 g/mol. The van der Waals surface area contributed by atoms with Gasteiger partial charge in [-0.25, -0.2) is 0 Å². The van der Waals surface area contributed by atoms with Crippen LogP contribution in [0, 0.1) is 0 Å². The van der Waals surface area contributed by atoms with Crippen molar-refractivity contribution in [2.45, 2.75) is 39.5 Å². The molecule has 0 aliphatic carbocycles. The van der Waals surface area contributed by atoms with E-state index in [2.05, 4.69) is 56.7 Å². The fraction of sp³-hybridized carbons (Fsp3) is 0.429. The van der Waals surface area contributed by atoms with E-state index in [9.17, 15) is 0 Å². The van der Waals surface area contributed by atoms with E-state index in [1.54, 1.807) is 0 Å². The number of rotatable bonds is 5. The second-order valence-electron chi connectivity index (χ2n) is 5.49. The summed E-state index contributed by atoms with van der Waals surface area (Å²) in [4.78, 5) is 3.94. The summed E-state index contributed by atoms with van der Waals surface area (Å²) in [5.74, 6) is 1.34. The Morgan fingerprint density at radius 1 is 1.35 bits per heavy atom. The molecule has 1 aromatic heterocycles. The van der Waals surface area contributed by atoms with Gasteiger partial charge in [-0.05, 0) is 39.0 Å². The maximum atomic E-state index is 5.76. The Morgan fingerprint density at radius 2 is 2.15 bits per heavy atom. The number of hydrogen-bond donors (Lipinski definition) is 1. The van der Waals surface area contributed by atoms with Crippen LogP contribution < -0.4 is 10.1 Å². The molecule has 108 valence electrons. The summed E-state index contributed by atoms with van der Waals surface area (Å²) in [6, 6.07) is 5.93. The second kappa shape index (κ2) is 6.37. The Morgan fingerprint density at radius 3 is 2.80 bits per heavy atom. The van der Waals surface area contributed by atoms with E-state index >= 15 is 0 Å². The lowest BCUT2D eigenvalue weighted by Crippen LogP contribution is -2.35. The predicted octanol–water partition coefficient (Wildman–Crippen LogP) is 3.30. The minimum absolute atomic E-state index is 0.0489. The van der Waals surface area contributed by atoms with Gasteiger partial charge in [-0.2, -0.15) is 4.98 Å². The topological polar surface area (TPSA) is 60.2 Å². The average Bonchev–Trinajstić information content (AvgIpc) is 2.87. The van der Waals surface area contributed by atoms with Gasteiger partial charge in [0.1, 0.15) is 5.75 Å². The minimum Gasteiger partial charge on any atom is -0.485 e. The highest BCUT2D eigenvalue weighted by Crippen LogP contribution is 2.24. The smallest absolute Gasteiger partial charge is 0.213 e. The molecule has 0 fully saturated rings. The molecule has 2 aromatic rings. The van der Waals surface area contributed by atoms with E-state index in [0.29, 0.717) is 12.4 Å². The van der Waals surface area contributed by atoms with Crippen molar-refractivity contribution in [2.75, 3.05) is 0 Å². The predicted molar refractivity (Wildman–Crippen MR) is 79.4 cm³/mol. The summed E-state index contributed by atoms with van der Waals surface area (Å²) >= 11 is 3.48. The van der Waals surface area contributed by atoms with Crippen LogP contribution in [0.2, 0.25) is 0 Å². The SMILES string of the molecule is CC(C)(C)NCc1cc(Br)ccc1OCc1ncon1. The molecule has 0 spiro atoms. The fourth-order valence-corrected chi connectivity index (χ4v) is 1.99. The molecular formula is C14H18BrN3O2. The van der Waals surface area contributed by atoms with Gasteiger partial charge in [0, 0.05) is 22.1 Å². The molecule has 20 heavy (non-hydrogen) atoms. The first-order valence-electron chi connectivity index (χ1n) is 6.35. The van der Waals surface area contributed by atoms with Crippen LogP contribution in [0.3, 0.4) is 0 Å². The molecule has 0 aliphatic heterocycles. The number of halogens is 1. The first-order valence-corrected chi connectivity index (χ1v) is 7.15. The van der Waals surface area contributed by atoms with Gasteiger partial charge >= 0.3 is 0 Å². The highest BCUT2D eigenvalue weighted by Gasteiger charge is 2.12. The zero-order valence-corrected chi connectivity index (χ0v) is 13.4. The van der Waals surface area contributed by atoms with E-state index in [-0.39, 0.29) is 5.54 Å². The first-order chi connectivity index (χ1) is 9.44. The Bertz CT molecular complexity index is 550. The minimum atomic E-state index is 0.0489. The number of benzene rings is 1. The number of aromatic nitrogens is 2. The monoisotopic (exact) mass is 339 g/mol. The molecule has 1 aromatic carbocycles. The maximum absolute atomic E-state index is 5.76. The Kier molecular flexibility index (Phi) is 4.77. The summed E-state index contributed by atoms with van der Waals surface area (Å²) in [5, 5.41) is 7.18. The van der Waals surface area contributed by atoms with Crippen LogP contribution in [0.15, 0.2) is 33.6 Å². The molecule has 0 saturated carbocycles. The van der Waals surface area contributed by atoms with Gasteiger partial charge in [0.15, 0.2) is 6.61 Å². The van der Waals surface area contributed by atoms with Crippen molar-refractivity contribution in [3.8, 4) is 5.75 Å². The Hall–Kier alpha value is -1.40. The zero-order chi connectivity index (χ0) is 14.6. The maximum Gasteiger partial charge on any atom is 0.213 e. The van der Waals surface area contributed by atoms with Crippen molar-refractivity contribution in [3.05, 3.63) is 40.5 Å². The van der Waals surface area contributed by atoms with Gasteiger partial charge in [0.25, 0.3) is 0 Å². The largest absolute Gasteiger partial charge is 0.485 e. The number of ether oxygens (including phenoxy) is 1. The quantitative estimate of drug-likeness (QED) is 0.905. The van der Waals surface area contributed by atoms with Crippen molar-refractivity contribution >= 4 is 15.9 Å². The van der Waals surface area contributed by atoms with Gasteiger partial charge in [0.05, 0.1) is 0 Å². The van der Waals surface area contributed by atoms with Crippen molar-refractivity contribution in [2.24, 2.45) is 0 Å². The van der Waals surface area contributed by atoms with Gasteiger partial charge in [-0.3, -0.25) is 0 Å². The van der Waals surface area contributed by atoms with Crippen LogP contribution in [0.4, 0.5) is 0 Å². The normalized spacial score (nSPS) is 11.6. The molecule has 5 nitrogen and oxygen atoms in total. The summed E-state index contributed by atoms with van der Waals surface area (Å²) in [6.07, 6.45) is 1.29. The lowest BCUT2D eigenvalue weighted by atomic mass is 10.1. The van der Waals surface area contributed by atoms with Crippen molar-refractivity contribution < 1.29 is 9.26 Å². The standard InChI is InChI=1S/C14H18BrN3O2/c1-14(2,3)17-7-10-6-11(15)4-5-12(10)19-8-13-16-9-20-18-13/h4-6,9,17H,7-8H2,1-3H3. The number of hydrogen-bond acceptors (Lipinski definition) is 5. The number of nitrogens with one attached hydrogen (secondary N) is 1. The molecule has 6 heteroatoms. The Labute approximate surface area is 126 Å². The van der Waals surface area contributed by atoms with Crippen LogP contribution in [0.5, 0.6) is 5.75 Å². The molecule has 0 aliphatic rings. The van der Waals surface area contributed by atoms with Crippen LogP contribution in [0.25, 0.3) is 0 Å². The molecule has 1 heterocycles. The Balaban J connectivity index is 2.07. The molecule has 0 atom stereocenters. The summed E-state index contributed by atoms with van der Waals surface area (Å²) in [7, 11) is 0. The van der Waals surface area contributed by atoms with E-state index in [1.807, 2.05) is 18.2 Å². The van der Waals surface area contributed by atoms with Crippen LogP contribution >= 0.6 is 15.9 Å². The third-order valence-electron chi connectivity index (χ3n) is 2.60. The van der Waals surface area contributed by atoms with Gasteiger partial charge in [-0.15, -0.1) is 0 Å². The number of nitrogens with zero attached hydrogens (tertiary/aromatic N) is 2. The van der Waals surface area contributed by atoms with E-state index in [0.717, 1.165) is 22.3 Å². The zero-order valence-electron chi connectivity index (χ0n) is 11.8. The highest BCUT2D eigenvalue weighted by molar-refractivity contribution is 9.10.